The Labute approximate surface area is 397 Å². The maximum atomic E-state index is 6.32. The van der Waals surface area contributed by atoms with Gasteiger partial charge in [0.25, 0.3) is 0 Å². The van der Waals surface area contributed by atoms with Gasteiger partial charge in [-0.25, -0.2) is 0 Å². The third kappa shape index (κ3) is 4.71. The van der Waals surface area contributed by atoms with Crippen LogP contribution in [0.1, 0.15) is 27.8 Å². The number of rotatable bonds is 4. The van der Waals surface area contributed by atoms with Crippen LogP contribution in [0.2, 0.25) is 0 Å². The van der Waals surface area contributed by atoms with Crippen LogP contribution in [-0.4, -0.2) is 4.40 Å². The smallest absolute Gasteiger partial charge is 0.135 e. The maximum absolute atomic E-state index is 6.32. The van der Waals surface area contributed by atoms with Crippen molar-refractivity contribution in [1.29, 1.82) is 0 Å². The first-order valence-electron chi connectivity index (χ1n) is 24.0. The number of nitrogens with zero attached hydrogens (tertiary/aromatic N) is 2. The number of para-hydroxylation sites is 3. The summed E-state index contributed by atoms with van der Waals surface area (Å²) in [5.74, 6) is 0. The lowest BCUT2D eigenvalue weighted by atomic mass is 9.70. The minimum atomic E-state index is -0.520. The monoisotopic (exact) mass is 876 g/mol. The van der Waals surface area contributed by atoms with Crippen molar-refractivity contribution in [3.63, 3.8) is 0 Å². The molecule has 0 bridgehead atoms. The number of hydrogen-bond donors (Lipinski definition) is 0. The lowest BCUT2D eigenvalue weighted by molar-refractivity contribution is 0.669. The lowest BCUT2D eigenvalue weighted by Gasteiger charge is -2.31. The number of hydrogen-bond acceptors (Lipinski definition) is 2. The van der Waals surface area contributed by atoms with Gasteiger partial charge in [-0.05, 0) is 123 Å². The molecular formula is C66H40N2O. The number of aryl methyl sites for hydroxylation is 1. The van der Waals surface area contributed by atoms with Crippen LogP contribution in [0.25, 0.3) is 104 Å². The minimum Gasteiger partial charge on any atom is -0.456 e. The number of aromatic nitrogens is 1. The Bertz CT molecular complexity index is 4480. The predicted molar refractivity (Wildman–Crippen MR) is 287 cm³/mol. The number of furan rings is 1. The summed E-state index contributed by atoms with van der Waals surface area (Å²) in [6.45, 7) is 2.17. The van der Waals surface area contributed by atoms with E-state index in [0.29, 0.717) is 0 Å². The molecule has 3 heteroatoms. The van der Waals surface area contributed by atoms with Gasteiger partial charge in [0.1, 0.15) is 11.2 Å². The predicted octanol–water partition coefficient (Wildman–Crippen LogP) is 17.7. The largest absolute Gasteiger partial charge is 0.456 e. The molecule has 0 saturated carbocycles. The number of benzene rings is 11. The van der Waals surface area contributed by atoms with E-state index in [1.807, 2.05) is 6.07 Å². The minimum absolute atomic E-state index is 0.520. The van der Waals surface area contributed by atoms with Crippen molar-refractivity contribution in [2.45, 2.75) is 12.3 Å². The Kier molecular flexibility index (Phi) is 7.21. The average molecular weight is 877 g/mol. The molecule has 2 aliphatic rings. The second kappa shape index (κ2) is 13.4. The Morgan fingerprint density at radius 2 is 1.01 bits per heavy atom. The van der Waals surface area contributed by atoms with Crippen LogP contribution in [0, 0.1) is 6.92 Å². The highest BCUT2D eigenvalue weighted by Crippen LogP contribution is 2.65. The summed E-state index contributed by atoms with van der Waals surface area (Å²) in [6, 6.07) is 83.8. The average Bonchev–Trinajstić information content (AvgIpc) is 4.19. The van der Waals surface area contributed by atoms with Crippen LogP contribution in [0.4, 0.5) is 17.1 Å². The third-order valence-corrected chi connectivity index (χ3v) is 15.8. The van der Waals surface area contributed by atoms with Crippen LogP contribution in [0.3, 0.4) is 0 Å². The van der Waals surface area contributed by atoms with Gasteiger partial charge in [-0.3, -0.25) is 0 Å². The molecule has 16 rings (SSSR count). The van der Waals surface area contributed by atoms with Crippen molar-refractivity contribution in [3.8, 4) is 33.4 Å². The summed E-state index contributed by atoms with van der Waals surface area (Å²) in [5, 5.41) is 9.81. The third-order valence-electron chi connectivity index (χ3n) is 15.8. The molecule has 0 fully saturated rings. The summed E-state index contributed by atoms with van der Waals surface area (Å²) >= 11 is 0. The molecule has 1 spiro atoms. The highest BCUT2D eigenvalue weighted by Gasteiger charge is 2.52. The number of anilines is 3. The van der Waals surface area contributed by atoms with Crippen molar-refractivity contribution in [2.75, 3.05) is 4.90 Å². The van der Waals surface area contributed by atoms with Crippen molar-refractivity contribution in [1.82, 2.24) is 4.40 Å². The molecule has 0 saturated heterocycles. The Morgan fingerprint density at radius 3 is 1.84 bits per heavy atom. The second-order valence-corrected chi connectivity index (χ2v) is 19.2. The van der Waals surface area contributed by atoms with Gasteiger partial charge in [-0.15, -0.1) is 0 Å². The molecule has 0 unspecified atom stereocenters. The van der Waals surface area contributed by atoms with Crippen molar-refractivity contribution >= 4 is 87.9 Å². The molecule has 0 amide bonds. The van der Waals surface area contributed by atoms with Gasteiger partial charge in [-0.1, -0.05) is 170 Å². The van der Waals surface area contributed by atoms with E-state index in [1.54, 1.807) is 0 Å². The van der Waals surface area contributed by atoms with E-state index in [0.717, 1.165) is 39.0 Å². The molecule has 11 aromatic carbocycles. The highest BCUT2D eigenvalue weighted by molar-refractivity contribution is 6.26. The van der Waals surface area contributed by atoms with Crippen molar-refractivity contribution in [2.24, 2.45) is 0 Å². The van der Waals surface area contributed by atoms with Crippen LogP contribution in [0.15, 0.2) is 229 Å². The molecule has 0 atom stereocenters. The van der Waals surface area contributed by atoms with E-state index >= 15 is 0 Å². The summed E-state index contributed by atoms with van der Waals surface area (Å²) in [6.07, 6.45) is 0. The van der Waals surface area contributed by atoms with Gasteiger partial charge in [0.15, 0.2) is 0 Å². The summed E-state index contributed by atoms with van der Waals surface area (Å²) in [5.41, 5.74) is 22.7. The van der Waals surface area contributed by atoms with Gasteiger partial charge in [0.05, 0.1) is 27.7 Å². The second-order valence-electron chi connectivity index (χ2n) is 19.2. The fraction of sp³-hybridized carbons (Fsp3) is 0.0303. The summed E-state index contributed by atoms with van der Waals surface area (Å²) < 4.78 is 8.90. The molecule has 14 aromatic rings. The lowest BCUT2D eigenvalue weighted by Crippen LogP contribution is -2.25. The molecule has 69 heavy (non-hydrogen) atoms. The first kappa shape index (κ1) is 37.2. The summed E-state index contributed by atoms with van der Waals surface area (Å²) in [4.78, 5) is 2.42. The first-order chi connectivity index (χ1) is 34.1. The van der Waals surface area contributed by atoms with Gasteiger partial charge in [0, 0.05) is 54.6 Å². The maximum Gasteiger partial charge on any atom is 0.135 e. The normalized spacial score (nSPS) is 13.4. The molecule has 2 aliphatic carbocycles. The zero-order valence-corrected chi connectivity index (χ0v) is 37.7. The fourth-order valence-electron chi connectivity index (χ4n) is 13.1. The molecule has 0 N–H and O–H groups in total. The van der Waals surface area contributed by atoms with Gasteiger partial charge in [-0.2, -0.15) is 0 Å². The van der Waals surface area contributed by atoms with E-state index < -0.39 is 5.41 Å². The van der Waals surface area contributed by atoms with E-state index in [-0.39, 0.29) is 0 Å². The van der Waals surface area contributed by atoms with Crippen LogP contribution >= 0.6 is 0 Å². The highest BCUT2D eigenvalue weighted by atomic mass is 16.3. The number of fused-ring (bicyclic) bond motifs is 21. The first-order valence-corrected chi connectivity index (χ1v) is 24.0. The Balaban J connectivity index is 0.965. The molecule has 3 nitrogen and oxygen atoms in total. The van der Waals surface area contributed by atoms with Gasteiger partial charge in [0.2, 0.25) is 0 Å². The van der Waals surface area contributed by atoms with Crippen molar-refractivity contribution < 1.29 is 4.42 Å². The zero-order valence-electron chi connectivity index (χ0n) is 37.7. The zero-order chi connectivity index (χ0) is 45.1. The van der Waals surface area contributed by atoms with E-state index in [4.69, 9.17) is 4.42 Å². The molecule has 3 heterocycles. The Hall–Kier alpha value is -8.92. The van der Waals surface area contributed by atoms with Crippen LogP contribution < -0.4 is 4.90 Å². The molecule has 3 aromatic heterocycles. The SMILES string of the molecule is Cc1cccc(N(c2ccc3oc4ccccc4c3c2)c2ccc(-c3ccc4c(c3)C3(c5ccccc5-c5ccccc53)c3ccc5c6cccc7c8ccccc8n(c5c3-4)c76)c3ccccc23)c1. The van der Waals surface area contributed by atoms with Gasteiger partial charge >= 0.3 is 0 Å². The van der Waals surface area contributed by atoms with E-state index in [2.05, 4.69) is 235 Å². The van der Waals surface area contributed by atoms with Crippen LogP contribution in [0.5, 0.6) is 0 Å². The molecule has 0 radical (unpaired) electrons. The van der Waals surface area contributed by atoms with Crippen LogP contribution in [-0.2, 0) is 5.41 Å². The fourth-order valence-corrected chi connectivity index (χ4v) is 13.1. The molecule has 0 aliphatic heterocycles. The topological polar surface area (TPSA) is 20.8 Å². The van der Waals surface area contributed by atoms with Gasteiger partial charge < -0.3 is 13.7 Å². The standard InChI is InChI=1S/C66H40N2O/c1-39-14-12-15-41(36-39)67(42-29-35-62-54(38-42)49-21-7-11-27-61(49)69-62)60-34-32-43(44-16-2-3-19-47(44)60)40-28-30-53-58(37-40)66(55-24-8-4-17-45(55)46-18-5-9-25-56(46)66)57-33-31-52-51-23-13-22-50-48-20-6-10-26-59(48)68(64(50)51)65(52)63(53)57/h2-38H,1H3. The molecule has 320 valence electrons. The quantitative estimate of drug-likeness (QED) is 0.176. The summed E-state index contributed by atoms with van der Waals surface area (Å²) in [7, 11) is 0. The van der Waals surface area contributed by atoms with E-state index in [9.17, 15) is 0 Å². The molecular weight excluding hydrogens is 837 g/mol. The van der Waals surface area contributed by atoms with E-state index in [1.165, 1.54) is 110 Å². The van der Waals surface area contributed by atoms with Crippen molar-refractivity contribution in [3.05, 3.63) is 252 Å². The Morgan fingerprint density at radius 1 is 0.377 bits per heavy atom.